The molecule has 0 fully saturated rings. The molecule has 0 saturated carbocycles. The van der Waals surface area contributed by atoms with Crippen molar-refractivity contribution in [3.8, 4) is 28.4 Å². The van der Waals surface area contributed by atoms with Crippen LogP contribution in [0.2, 0.25) is 0 Å². The number of hydrazone groups is 1. The molecule has 4 aromatic carbocycles. The molecular weight excluding hydrogens is 602 g/mol. The fourth-order valence-corrected chi connectivity index (χ4v) is 4.72. The number of halogens is 1. The molecule has 0 radical (unpaired) electrons. The van der Waals surface area contributed by atoms with Crippen molar-refractivity contribution < 1.29 is 28.6 Å². The van der Waals surface area contributed by atoms with Gasteiger partial charge in [0.15, 0.2) is 11.5 Å². The number of amides is 1. The van der Waals surface area contributed by atoms with Gasteiger partial charge in [0.2, 0.25) is 0 Å². The molecule has 5 aromatic rings. The van der Waals surface area contributed by atoms with E-state index in [0.29, 0.717) is 15.7 Å². The summed E-state index contributed by atoms with van der Waals surface area (Å²) in [6.07, 6.45) is 1.39. The normalized spacial score (nSPS) is 10.9. The van der Waals surface area contributed by atoms with E-state index in [0.717, 1.165) is 22.0 Å². The van der Waals surface area contributed by atoms with Gasteiger partial charge in [-0.25, -0.2) is 10.2 Å². The van der Waals surface area contributed by atoms with Crippen LogP contribution in [0.15, 0.2) is 101 Å². The highest BCUT2D eigenvalue weighted by molar-refractivity contribution is 9.10. The Labute approximate surface area is 249 Å². The highest BCUT2D eigenvalue weighted by Gasteiger charge is 2.19. The zero-order valence-corrected chi connectivity index (χ0v) is 24.1. The number of carbonyl (C=O) groups is 3. The number of carbonyl (C=O) groups excluding carboxylic acids is 3. The van der Waals surface area contributed by atoms with Crippen LogP contribution in [-0.4, -0.2) is 36.2 Å². The molecule has 0 aliphatic heterocycles. The third-order valence-corrected chi connectivity index (χ3v) is 6.69. The highest BCUT2D eigenvalue weighted by Crippen LogP contribution is 2.33. The molecule has 0 bridgehead atoms. The Morgan fingerprint density at radius 1 is 0.857 bits per heavy atom. The number of H-pyrrole nitrogens is 1. The molecule has 0 unspecified atom stereocenters. The Kier molecular flexibility index (Phi) is 8.44. The van der Waals surface area contributed by atoms with Gasteiger partial charge in [0, 0.05) is 33.4 Å². The monoisotopic (exact) mass is 625 g/mol. The zero-order valence-electron chi connectivity index (χ0n) is 22.5. The van der Waals surface area contributed by atoms with Gasteiger partial charge in [0.25, 0.3) is 5.91 Å². The molecule has 9 nitrogen and oxygen atoms in total. The molecule has 0 spiro atoms. The number of benzene rings is 4. The number of rotatable bonds is 8. The van der Waals surface area contributed by atoms with Crippen LogP contribution in [0.1, 0.15) is 33.3 Å². The first-order chi connectivity index (χ1) is 20.3. The van der Waals surface area contributed by atoms with Gasteiger partial charge < -0.3 is 19.2 Å². The quantitative estimate of drug-likeness (QED) is 0.0877. The van der Waals surface area contributed by atoms with Crippen molar-refractivity contribution in [3.63, 3.8) is 0 Å². The summed E-state index contributed by atoms with van der Waals surface area (Å²) in [6, 6.07) is 26.6. The van der Waals surface area contributed by atoms with Crippen molar-refractivity contribution in [2.24, 2.45) is 5.10 Å². The predicted octanol–water partition coefficient (Wildman–Crippen LogP) is 6.51. The van der Waals surface area contributed by atoms with Crippen LogP contribution in [0.25, 0.3) is 22.0 Å². The molecule has 5 rings (SSSR count). The van der Waals surface area contributed by atoms with Crippen LogP contribution in [0, 0.1) is 0 Å². The van der Waals surface area contributed by atoms with Gasteiger partial charge in [0.1, 0.15) is 11.4 Å². The first-order valence-electron chi connectivity index (χ1n) is 12.7. The summed E-state index contributed by atoms with van der Waals surface area (Å²) in [7, 11) is 1.40. The van der Waals surface area contributed by atoms with E-state index in [9.17, 15) is 14.4 Å². The van der Waals surface area contributed by atoms with Crippen molar-refractivity contribution >= 4 is 50.9 Å². The van der Waals surface area contributed by atoms with E-state index in [2.05, 4.69) is 31.4 Å². The number of nitrogens with one attached hydrogen (secondary N) is 2. The van der Waals surface area contributed by atoms with Gasteiger partial charge in [0.05, 0.1) is 18.9 Å². The number of ether oxygens (including phenoxy) is 3. The van der Waals surface area contributed by atoms with Crippen LogP contribution in [0.3, 0.4) is 0 Å². The van der Waals surface area contributed by atoms with Gasteiger partial charge in [-0.2, -0.15) is 5.10 Å². The molecule has 10 heteroatoms. The van der Waals surface area contributed by atoms with E-state index in [1.807, 2.05) is 54.6 Å². The van der Waals surface area contributed by atoms with Crippen LogP contribution >= 0.6 is 15.9 Å². The lowest BCUT2D eigenvalue weighted by Crippen LogP contribution is -2.19. The largest absolute Gasteiger partial charge is 0.493 e. The lowest BCUT2D eigenvalue weighted by Gasteiger charge is -2.11. The Morgan fingerprint density at radius 2 is 1.60 bits per heavy atom. The maximum absolute atomic E-state index is 13.3. The number of aromatic amines is 1. The van der Waals surface area contributed by atoms with E-state index in [-0.39, 0.29) is 22.8 Å². The second kappa shape index (κ2) is 12.5. The summed E-state index contributed by atoms with van der Waals surface area (Å²) in [4.78, 5) is 40.8. The van der Waals surface area contributed by atoms with E-state index < -0.39 is 17.8 Å². The number of hydrogen-bond acceptors (Lipinski definition) is 7. The molecule has 0 saturated heterocycles. The Hall–Kier alpha value is -5.22. The average molecular weight is 626 g/mol. The standard InChI is InChI=1S/C32H24BrN3O6/c1-19(37)41-27-14-12-21(17-28(27)40-2)32(39)42-26-15-13-23(33)16-22(26)18-34-36-31(38)30-29(20-8-4-3-5-9-20)24-10-6-7-11-25(24)35-30/h3-18,35H,1-2H3,(H,36,38). The van der Waals surface area contributed by atoms with Crippen LogP contribution in [-0.2, 0) is 4.79 Å². The Balaban J connectivity index is 1.37. The molecule has 0 aliphatic rings. The molecule has 42 heavy (non-hydrogen) atoms. The predicted molar refractivity (Wildman–Crippen MR) is 162 cm³/mol. The summed E-state index contributed by atoms with van der Waals surface area (Å²) in [6.45, 7) is 1.27. The SMILES string of the molecule is COc1cc(C(=O)Oc2ccc(Br)cc2C=NNC(=O)c2[nH]c3ccccc3c2-c2ccccc2)ccc1OC(C)=O. The number of fused-ring (bicyclic) bond motifs is 1. The number of aromatic nitrogens is 1. The van der Waals surface area contributed by atoms with E-state index in [4.69, 9.17) is 14.2 Å². The van der Waals surface area contributed by atoms with Gasteiger partial charge in [-0.1, -0.05) is 64.5 Å². The van der Waals surface area contributed by atoms with Crippen molar-refractivity contribution in [1.82, 2.24) is 10.4 Å². The topological polar surface area (TPSA) is 119 Å². The molecular formula is C32H24BrN3O6. The van der Waals surface area contributed by atoms with E-state index in [1.54, 1.807) is 18.2 Å². The summed E-state index contributed by atoms with van der Waals surface area (Å²) in [5, 5.41) is 5.06. The molecule has 0 atom stereocenters. The summed E-state index contributed by atoms with van der Waals surface area (Å²) < 4.78 is 16.7. The fraction of sp³-hybridized carbons (Fsp3) is 0.0625. The number of esters is 2. The first-order valence-corrected chi connectivity index (χ1v) is 13.5. The van der Waals surface area contributed by atoms with Crippen molar-refractivity contribution in [2.75, 3.05) is 7.11 Å². The molecule has 1 aromatic heterocycles. The minimum Gasteiger partial charge on any atom is -0.493 e. The summed E-state index contributed by atoms with van der Waals surface area (Å²) in [5.74, 6) is -1.04. The second-order valence-electron chi connectivity index (χ2n) is 9.02. The first kappa shape index (κ1) is 28.3. The second-order valence-corrected chi connectivity index (χ2v) is 9.93. The van der Waals surface area contributed by atoms with Gasteiger partial charge >= 0.3 is 11.9 Å². The molecule has 210 valence electrons. The Bertz CT molecular complexity index is 1830. The summed E-state index contributed by atoms with van der Waals surface area (Å²) in [5.41, 5.74) is 6.03. The highest BCUT2D eigenvalue weighted by atomic mass is 79.9. The van der Waals surface area contributed by atoms with Crippen molar-refractivity contribution in [3.05, 3.63) is 112 Å². The van der Waals surface area contributed by atoms with Gasteiger partial charge in [-0.15, -0.1) is 0 Å². The lowest BCUT2D eigenvalue weighted by molar-refractivity contribution is -0.132. The van der Waals surface area contributed by atoms with E-state index in [1.165, 1.54) is 38.4 Å². The van der Waals surface area contributed by atoms with E-state index >= 15 is 0 Å². The van der Waals surface area contributed by atoms with Gasteiger partial charge in [-0.3, -0.25) is 9.59 Å². The van der Waals surface area contributed by atoms with Crippen molar-refractivity contribution in [2.45, 2.75) is 6.92 Å². The Morgan fingerprint density at radius 3 is 2.36 bits per heavy atom. The molecule has 0 aliphatic carbocycles. The number of para-hydroxylation sites is 1. The van der Waals surface area contributed by atoms with Crippen LogP contribution < -0.4 is 19.6 Å². The number of nitrogens with zero attached hydrogens (tertiary/aromatic N) is 1. The third kappa shape index (κ3) is 6.24. The minimum absolute atomic E-state index is 0.175. The number of hydrogen-bond donors (Lipinski definition) is 2. The maximum atomic E-state index is 13.3. The smallest absolute Gasteiger partial charge is 0.343 e. The average Bonchev–Trinajstić information content (AvgIpc) is 3.38. The lowest BCUT2D eigenvalue weighted by atomic mass is 10.0. The molecule has 1 amide bonds. The molecule has 1 heterocycles. The molecule has 2 N–H and O–H groups in total. The zero-order chi connectivity index (χ0) is 29.6. The van der Waals surface area contributed by atoms with Crippen LogP contribution in [0.5, 0.6) is 17.2 Å². The summed E-state index contributed by atoms with van der Waals surface area (Å²) >= 11 is 3.41. The van der Waals surface area contributed by atoms with Crippen LogP contribution in [0.4, 0.5) is 0 Å². The van der Waals surface area contributed by atoms with Crippen molar-refractivity contribution in [1.29, 1.82) is 0 Å². The number of methoxy groups -OCH3 is 1. The minimum atomic E-state index is -0.672. The van der Waals surface area contributed by atoms with Gasteiger partial charge in [-0.05, 0) is 48.0 Å². The fourth-order valence-electron chi connectivity index (χ4n) is 4.34. The third-order valence-electron chi connectivity index (χ3n) is 6.19. The maximum Gasteiger partial charge on any atom is 0.343 e.